The van der Waals surface area contributed by atoms with E-state index in [4.69, 9.17) is 0 Å². The maximum atomic E-state index is 11.6. The van der Waals surface area contributed by atoms with Gasteiger partial charge in [0.1, 0.15) is 0 Å². The van der Waals surface area contributed by atoms with Crippen LogP contribution in [0.4, 0.5) is 0 Å². The molecule has 0 spiro atoms. The summed E-state index contributed by atoms with van der Waals surface area (Å²) in [6.07, 6.45) is 1.78. The van der Waals surface area contributed by atoms with Gasteiger partial charge in [-0.2, -0.15) is 0 Å². The molecule has 1 heterocycles. The van der Waals surface area contributed by atoms with E-state index in [2.05, 4.69) is 22.6 Å². The van der Waals surface area contributed by atoms with Crippen molar-refractivity contribution in [2.75, 3.05) is 34.2 Å². The fourth-order valence-corrected chi connectivity index (χ4v) is 1.83. The van der Waals surface area contributed by atoms with Crippen LogP contribution in [0.5, 0.6) is 0 Å². The highest BCUT2D eigenvalue weighted by Gasteiger charge is 2.38. The van der Waals surface area contributed by atoms with Gasteiger partial charge in [0.2, 0.25) is 5.91 Å². The number of likely N-dealkylation sites (N-methyl/N-ethyl adjacent to an activating group) is 2. The largest absolute Gasteiger partial charge is 0.358 e. The van der Waals surface area contributed by atoms with Crippen LogP contribution in [0.15, 0.2) is 0 Å². The third-order valence-corrected chi connectivity index (χ3v) is 2.98. The Labute approximate surface area is 93.4 Å². The molecule has 0 aliphatic carbocycles. The van der Waals surface area contributed by atoms with Gasteiger partial charge in [0.25, 0.3) is 0 Å². The fraction of sp³-hybridized carbons (Fsp3) is 0.909. The molecular formula is C11H25N3O. The summed E-state index contributed by atoms with van der Waals surface area (Å²) in [4.78, 5) is 13.9. The zero-order valence-corrected chi connectivity index (χ0v) is 10.7. The number of carbonyl (C=O) groups excluding carboxylic acids is 1. The number of nitrogens with one attached hydrogen (secondary N) is 2. The predicted molar refractivity (Wildman–Crippen MR) is 63.9 cm³/mol. The zero-order chi connectivity index (χ0) is 11.9. The van der Waals surface area contributed by atoms with Crippen LogP contribution in [0, 0.1) is 0 Å². The SMILES string of the molecule is CC.CNC(=O)C1(NC)CCN(C)CC1. The van der Waals surface area contributed by atoms with Crippen LogP contribution in [0.1, 0.15) is 26.7 Å². The van der Waals surface area contributed by atoms with Gasteiger partial charge in [-0.15, -0.1) is 0 Å². The molecule has 0 unspecified atom stereocenters. The van der Waals surface area contributed by atoms with Gasteiger partial charge in [-0.25, -0.2) is 0 Å². The van der Waals surface area contributed by atoms with Crippen LogP contribution < -0.4 is 10.6 Å². The molecule has 0 aromatic rings. The van der Waals surface area contributed by atoms with Crippen LogP contribution in [-0.2, 0) is 4.79 Å². The maximum absolute atomic E-state index is 11.6. The van der Waals surface area contributed by atoms with Crippen molar-refractivity contribution in [2.24, 2.45) is 0 Å². The van der Waals surface area contributed by atoms with Gasteiger partial charge in [0.15, 0.2) is 0 Å². The lowest BCUT2D eigenvalue weighted by Crippen LogP contribution is -2.59. The second-order valence-corrected chi connectivity index (χ2v) is 3.71. The van der Waals surface area contributed by atoms with Crippen molar-refractivity contribution in [1.82, 2.24) is 15.5 Å². The Morgan fingerprint density at radius 1 is 1.20 bits per heavy atom. The smallest absolute Gasteiger partial charge is 0.240 e. The Hall–Kier alpha value is -0.610. The standard InChI is InChI=1S/C9H19N3O.C2H6/c1-10-8(13)9(11-2)4-6-12(3)7-5-9;1-2/h11H,4-7H2,1-3H3,(H,10,13);1-2H3. The second kappa shape index (κ2) is 6.80. The van der Waals surface area contributed by atoms with Gasteiger partial charge in [-0.1, -0.05) is 13.8 Å². The van der Waals surface area contributed by atoms with Crippen molar-refractivity contribution in [2.45, 2.75) is 32.2 Å². The summed E-state index contributed by atoms with van der Waals surface area (Å²) in [5.41, 5.74) is -0.332. The predicted octanol–water partition coefficient (Wildman–Crippen LogP) is 0.442. The molecule has 0 saturated carbocycles. The molecule has 90 valence electrons. The Morgan fingerprint density at radius 2 is 1.67 bits per heavy atom. The lowest BCUT2D eigenvalue weighted by molar-refractivity contribution is -0.128. The molecule has 2 N–H and O–H groups in total. The Balaban J connectivity index is 0.000000921. The van der Waals surface area contributed by atoms with Crippen molar-refractivity contribution in [3.8, 4) is 0 Å². The highest BCUT2D eigenvalue weighted by Crippen LogP contribution is 2.20. The van der Waals surface area contributed by atoms with Gasteiger partial charge in [0.05, 0.1) is 5.54 Å². The molecule has 1 saturated heterocycles. The average molecular weight is 215 g/mol. The Morgan fingerprint density at radius 3 is 2.00 bits per heavy atom. The average Bonchev–Trinajstić information content (AvgIpc) is 2.32. The molecule has 1 aliphatic rings. The fourth-order valence-electron chi connectivity index (χ4n) is 1.83. The summed E-state index contributed by atoms with van der Waals surface area (Å²) in [6.45, 7) is 5.96. The first-order valence-electron chi connectivity index (χ1n) is 5.74. The molecule has 15 heavy (non-hydrogen) atoms. The van der Waals surface area contributed by atoms with E-state index in [0.29, 0.717) is 0 Å². The summed E-state index contributed by atoms with van der Waals surface area (Å²) in [6, 6.07) is 0. The molecular weight excluding hydrogens is 190 g/mol. The Bertz CT molecular complexity index is 186. The minimum absolute atomic E-state index is 0.114. The molecule has 0 aromatic heterocycles. The van der Waals surface area contributed by atoms with Crippen LogP contribution in [0.2, 0.25) is 0 Å². The lowest BCUT2D eigenvalue weighted by Gasteiger charge is -2.38. The number of likely N-dealkylation sites (tertiary alicyclic amines) is 1. The molecule has 4 nitrogen and oxygen atoms in total. The van der Waals surface area contributed by atoms with Crippen molar-refractivity contribution in [3.63, 3.8) is 0 Å². The van der Waals surface area contributed by atoms with E-state index in [-0.39, 0.29) is 11.4 Å². The third kappa shape index (κ3) is 3.47. The first kappa shape index (κ1) is 14.4. The van der Waals surface area contributed by atoms with E-state index in [1.165, 1.54) is 0 Å². The van der Waals surface area contributed by atoms with Gasteiger partial charge in [0, 0.05) is 20.1 Å². The summed E-state index contributed by atoms with van der Waals surface area (Å²) >= 11 is 0. The Kier molecular flexibility index (Phi) is 6.52. The van der Waals surface area contributed by atoms with E-state index in [1.54, 1.807) is 7.05 Å². The second-order valence-electron chi connectivity index (χ2n) is 3.71. The third-order valence-electron chi connectivity index (χ3n) is 2.98. The van der Waals surface area contributed by atoms with Crippen LogP contribution in [0.3, 0.4) is 0 Å². The zero-order valence-electron chi connectivity index (χ0n) is 10.7. The first-order chi connectivity index (χ1) is 7.14. The normalized spacial score (nSPS) is 20.1. The summed E-state index contributed by atoms with van der Waals surface area (Å²) < 4.78 is 0. The molecule has 4 heteroatoms. The van der Waals surface area contributed by atoms with E-state index in [0.717, 1.165) is 25.9 Å². The molecule has 1 fully saturated rings. The van der Waals surface area contributed by atoms with Gasteiger partial charge >= 0.3 is 0 Å². The number of hydrogen-bond acceptors (Lipinski definition) is 3. The molecule has 1 amide bonds. The molecule has 1 aliphatic heterocycles. The van der Waals surface area contributed by atoms with Crippen LogP contribution in [0.25, 0.3) is 0 Å². The highest BCUT2D eigenvalue weighted by molar-refractivity contribution is 5.86. The van der Waals surface area contributed by atoms with Crippen molar-refractivity contribution >= 4 is 5.91 Å². The monoisotopic (exact) mass is 215 g/mol. The minimum Gasteiger partial charge on any atom is -0.358 e. The van der Waals surface area contributed by atoms with E-state index < -0.39 is 0 Å². The van der Waals surface area contributed by atoms with Gasteiger partial charge in [-0.3, -0.25) is 4.79 Å². The van der Waals surface area contributed by atoms with Crippen molar-refractivity contribution < 1.29 is 4.79 Å². The van der Waals surface area contributed by atoms with Gasteiger partial charge in [-0.05, 0) is 26.9 Å². The first-order valence-corrected chi connectivity index (χ1v) is 5.74. The highest BCUT2D eigenvalue weighted by atomic mass is 16.2. The molecule has 0 aromatic carbocycles. The van der Waals surface area contributed by atoms with E-state index in [9.17, 15) is 4.79 Å². The topological polar surface area (TPSA) is 44.4 Å². The molecule has 0 atom stereocenters. The number of piperidine rings is 1. The van der Waals surface area contributed by atoms with E-state index in [1.807, 2.05) is 20.9 Å². The molecule has 0 bridgehead atoms. The number of hydrogen-bond donors (Lipinski definition) is 2. The molecule has 1 rings (SSSR count). The number of carbonyl (C=O) groups is 1. The summed E-state index contributed by atoms with van der Waals surface area (Å²) in [5.74, 6) is 0.114. The summed E-state index contributed by atoms with van der Waals surface area (Å²) in [5, 5.41) is 5.87. The van der Waals surface area contributed by atoms with Crippen LogP contribution >= 0.6 is 0 Å². The number of amides is 1. The van der Waals surface area contributed by atoms with Crippen LogP contribution in [-0.4, -0.2) is 50.6 Å². The van der Waals surface area contributed by atoms with Crippen molar-refractivity contribution in [3.05, 3.63) is 0 Å². The minimum atomic E-state index is -0.332. The van der Waals surface area contributed by atoms with Gasteiger partial charge < -0.3 is 15.5 Å². The quantitative estimate of drug-likeness (QED) is 0.702. The molecule has 0 radical (unpaired) electrons. The lowest BCUT2D eigenvalue weighted by atomic mass is 9.87. The number of nitrogens with zero attached hydrogens (tertiary/aromatic N) is 1. The van der Waals surface area contributed by atoms with E-state index >= 15 is 0 Å². The van der Waals surface area contributed by atoms with Crippen molar-refractivity contribution in [1.29, 1.82) is 0 Å². The summed E-state index contributed by atoms with van der Waals surface area (Å²) in [7, 11) is 5.64. The maximum Gasteiger partial charge on any atom is 0.240 e. The number of rotatable bonds is 2.